The van der Waals surface area contributed by atoms with Crippen molar-refractivity contribution in [1.82, 2.24) is 0 Å². The summed E-state index contributed by atoms with van der Waals surface area (Å²) < 4.78 is 6.17. The van der Waals surface area contributed by atoms with Crippen molar-refractivity contribution >= 4 is 21.8 Å². The van der Waals surface area contributed by atoms with Crippen LogP contribution in [0.3, 0.4) is 0 Å². The van der Waals surface area contributed by atoms with E-state index in [1.165, 1.54) is 0 Å². The van der Waals surface area contributed by atoms with E-state index in [-0.39, 0.29) is 12.5 Å². The highest BCUT2D eigenvalue weighted by atomic mass is 79.9. The predicted molar refractivity (Wildman–Crippen MR) is 62.7 cm³/mol. The van der Waals surface area contributed by atoms with Gasteiger partial charge in [-0.25, -0.2) is 0 Å². The van der Waals surface area contributed by atoms with Crippen LogP contribution in [0.15, 0.2) is 22.7 Å². The van der Waals surface area contributed by atoms with Crippen LogP contribution in [0.25, 0.3) is 0 Å². The molecule has 0 aliphatic heterocycles. The van der Waals surface area contributed by atoms with Gasteiger partial charge in [0.2, 0.25) is 5.91 Å². The van der Waals surface area contributed by atoms with Crippen LogP contribution >= 0.6 is 15.9 Å². The molecule has 0 radical (unpaired) electrons. The lowest BCUT2D eigenvalue weighted by molar-refractivity contribution is -0.122. The van der Waals surface area contributed by atoms with Gasteiger partial charge >= 0.3 is 0 Å². The Kier molecular flexibility index (Phi) is 4.32. The molecule has 0 fully saturated rings. The van der Waals surface area contributed by atoms with Crippen LogP contribution in [0.4, 0.5) is 0 Å². The molecular weight excluding hydrogens is 272 g/mol. The third kappa shape index (κ3) is 3.24. The van der Waals surface area contributed by atoms with Crippen molar-refractivity contribution in [3.63, 3.8) is 0 Å². The SMILES string of the molecule is CC(COc1ccc(Br)cc1C#N)C(N)=O. The van der Waals surface area contributed by atoms with Crippen LogP contribution in [-0.2, 0) is 4.79 Å². The summed E-state index contributed by atoms with van der Waals surface area (Å²) in [6.07, 6.45) is 0. The van der Waals surface area contributed by atoms with Crippen molar-refractivity contribution < 1.29 is 9.53 Å². The highest BCUT2D eigenvalue weighted by molar-refractivity contribution is 9.10. The van der Waals surface area contributed by atoms with Crippen LogP contribution in [-0.4, -0.2) is 12.5 Å². The number of hydrogen-bond acceptors (Lipinski definition) is 3. The summed E-state index contributed by atoms with van der Waals surface area (Å²) in [6.45, 7) is 1.85. The number of rotatable bonds is 4. The van der Waals surface area contributed by atoms with Gasteiger partial charge in [-0.3, -0.25) is 4.79 Å². The summed E-state index contributed by atoms with van der Waals surface area (Å²) in [5, 5.41) is 8.87. The first-order valence-corrected chi connectivity index (χ1v) is 5.45. The molecule has 5 heteroatoms. The van der Waals surface area contributed by atoms with Gasteiger partial charge in [0.05, 0.1) is 18.1 Å². The van der Waals surface area contributed by atoms with Crippen LogP contribution < -0.4 is 10.5 Å². The average molecular weight is 283 g/mol. The summed E-state index contributed by atoms with van der Waals surface area (Å²) in [6, 6.07) is 7.12. The fraction of sp³-hybridized carbons (Fsp3) is 0.273. The minimum absolute atomic E-state index is 0.172. The Morgan fingerprint density at radius 2 is 2.38 bits per heavy atom. The number of nitrogens with zero attached hydrogens (tertiary/aromatic N) is 1. The van der Waals surface area contributed by atoms with E-state index in [1.807, 2.05) is 6.07 Å². The first-order chi connectivity index (χ1) is 7.54. The second kappa shape index (κ2) is 5.52. The van der Waals surface area contributed by atoms with Gasteiger partial charge < -0.3 is 10.5 Å². The highest BCUT2D eigenvalue weighted by Gasteiger charge is 2.11. The Bertz CT molecular complexity index is 440. The van der Waals surface area contributed by atoms with Crippen molar-refractivity contribution in [3.05, 3.63) is 28.2 Å². The number of nitriles is 1. The average Bonchev–Trinajstić information content (AvgIpc) is 2.26. The molecule has 0 aromatic heterocycles. The number of nitrogens with two attached hydrogens (primary N) is 1. The second-order valence-corrected chi connectivity index (χ2v) is 4.28. The summed E-state index contributed by atoms with van der Waals surface area (Å²) >= 11 is 3.26. The molecule has 16 heavy (non-hydrogen) atoms. The number of carbonyl (C=O) groups is 1. The zero-order chi connectivity index (χ0) is 12.1. The minimum Gasteiger partial charge on any atom is -0.491 e. The molecular formula is C11H11BrN2O2. The number of carbonyl (C=O) groups excluding carboxylic acids is 1. The highest BCUT2D eigenvalue weighted by Crippen LogP contribution is 2.22. The summed E-state index contributed by atoms with van der Waals surface area (Å²) in [7, 11) is 0. The molecule has 0 spiro atoms. The molecule has 1 amide bonds. The molecule has 1 rings (SSSR count). The molecule has 84 valence electrons. The van der Waals surface area contributed by atoms with Gasteiger partial charge in [-0.2, -0.15) is 5.26 Å². The second-order valence-electron chi connectivity index (χ2n) is 3.37. The van der Waals surface area contributed by atoms with E-state index < -0.39 is 5.91 Å². The molecule has 0 heterocycles. The van der Waals surface area contributed by atoms with Gasteiger partial charge in [0.1, 0.15) is 11.8 Å². The number of benzene rings is 1. The quantitative estimate of drug-likeness (QED) is 0.915. The summed E-state index contributed by atoms with van der Waals surface area (Å²) in [5.74, 6) is -0.343. The monoisotopic (exact) mass is 282 g/mol. The van der Waals surface area contributed by atoms with Crippen LogP contribution in [0, 0.1) is 17.2 Å². The lowest BCUT2D eigenvalue weighted by atomic mass is 10.2. The number of amides is 1. The van der Waals surface area contributed by atoms with Crippen molar-refractivity contribution in [1.29, 1.82) is 5.26 Å². The minimum atomic E-state index is -0.421. The smallest absolute Gasteiger partial charge is 0.223 e. The normalized spacial score (nSPS) is 11.6. The zero-order valence-corrected chi connectivity index (χ0v) is 10.3. The maximum absolute atomic E-state index is 10.8. The van der Waals surface area contributed by atoms with E-state index >= 15 is 0 Å². The third-order valence-corrected chi connectivity index (χ3v) is 2.53. The number of ether oxygens (including phenoxy) is 1. The van der Waals surface area contributed by atoms with E-state index in [9.17, 15) is 4.79 Å². The molecule has 1 atom stereocenters. The molecule has 1 unspecified atom stereocenters. The third-order valence-electron chi connectivity index (χ3n) is 2.04. The van der Waals surface area contributed by atoms with Gasteiger partial charge in [-0.1, -0.05) is 22.9 Å². The maximum atomic E-state index is 10.8. The van der Waals surface area contributed by atoms with Gasteiger partial charge in [0.25, 0.3) is 0 Å². The Morgan fingerprint density at radius 1 is 1.69 bits per heavy atom. The number of halogens is 1. The topological polar surface area (TPSA) is 76.1 Å². The van der Waals surface area contributed by atoms with E-state index in [2.05, 4.69) is 15.9 Å². The predicted octanol–water partition coefficient (Wildman–Crippen LogP) is 1.82. The fourth-order valence-electron chi connectivity index (χ4n) is 1.01. The van der Waals surface area contributed by atoms with Crippen LogP contribution in [0.2, 0.25) is 0 Å². The van der Waals surface area contributed by atoms with Gasteiger partial charge in [-0.05, 0) is 18.2 Å². The lowest BCUT2D eigenvalue weighted by Gasteiger charge is -2.11. The molecule has 1 aromatic rings. The fourth-order valence-corrected chi connectivity index (χ4v) is 1.37. The number of primary amides is 1. The molecule has 0 bridgehead atoms. The Morgan fingerprint density at radius 3 is 2.94 bits per heavy atom. The molecule has 2 N–H and O–H groups in total. The molecule has 0 saturated carbocycles. The molecule has 1 aromatic carbocycles. The first kappa shape index (κ1) is 12.5. The largest absolute Gasteiger partial charge is 0.491 e. The maximum Gasteiger partial charge on any atom is 0.223 e. The molecule has 4 nitrogen and oxygen atoms in total. The standard InChI is InChI=1S/C11H11BrN2O2/c1-7(11(14)15)6-16-10-3-2-9(12)4-8(10)5-13/h2-4,7H,6H2,1H3,(H2,14,15). The van der Waals surface area contributed by atoms with Crippen molar-refractivity contribution in [2.75, 3.05) is 6.61 Å². The Balaban J connectivity index is 2.75. The van der Waals surface area contributed by atoms with Crippen molar-refractivity contribution in [2.45, 2.75) is 6.92 Å². The van der Waals surface area contributed by atoms with Gasteiger partial charge in [0.15, 0.2) is 0 Å². The zero-order valence-electron chi connectivity index (χ0n) is 8.74. The summed E-state index contributed by atoms with van der Waals surface area (Å²) in [5.41, 5.74) is 5.53. The number of hydrogen-bond donors (Lipinski definition) is 1. The van der Waals surface area contributed by atoms with Gasteiger partial charge in [0, 0.05) is 4.47 Å². The lowest BCUT2D eigenvalue weighted by Crippen LogP contribution is -2.25. The molecule has 0 aliphatic carbocycles. The van der Waals surface area contributed by atoms with Crippen molar-refractivity contribution in [2.24, 2.45) is 11.7 Å². The van der Waals surface area contributed by atoms with Gasteiger partial charge in [-0.15, -0.1) is 0 Å². The van der Waals surface area contributed by atoms with Crippen molar-refractivity contribution in [3.8, 4) is 11.8 Å². The first-order valence-electron chi connectivity index (χ1n) is 4.66. The molecule has 0 aliphatic rings. The van der Waals surface area contributed by atoms with E-state index in [0.717, 1.165) is 4.47 Å². The van der Waals surface area contributed by atoms with E-state index in [4.69, 9.17) is 15.7 Å². The van der Waals surface area contributed by atoms with E-state index in [0.29, 0.717) is 11.3 Å². The molecule has 0 saturated heterocycles. The Labute approximate surface area is 102 Å². The van der Waals surface area contributed by atoms with E-state index in [1.54, 1.807) is 25.1 Å². The van der Waals surface area contributed by atoms with Crippen LogP contribution in [0.1, 0.15) is 12.5 Å². The Hall–Kier alpha value is -1.54. The summed E-state index contributed by atoms with van der Waals surface area (Å²) in [4.78, 5) is 10.8. The van der Waals surface area contributed by atoms with Crippen LogP contribution in [0.5, 0.6) is 5.75 Å².